The first-order valence-corrected chi connectivity index (χ1v) is 6.49. The molecular formula is C15H18N2O2. The summed E-state index contributed by atoms with van der Waals surface area (Å²) in [4.78, 5) is 19.3. The lowest BCUT2D eigenvalue weighted by Crippen LogP contribution is -2.06. The van der Waals surface area contributed by atoms with Crippen molar-refractivity contribution in [3.05, 3.63) is 41.2 Å². The van der Waals surface area contributed by atoms with Crippen LogP contribution in [0.3, 0.4) is 0 Å². The maximum absolute atomic E-state index is 11.8. The second-order valence-corrected chi connectivity index (χ2v) is 4.29. The van der Waals surface area contributed by atoms with E-state index in [1.165, 1.54) is 5.56 Å². The first-order valence-electron chi connectivity index (χ1n) is 6.49. The molecule has 0 bridgehead atoms. The molecule has 0 amide bonds. The highest BCUT2D eigenvalue weighted by Gasteiger charge is 2.17. The van der Waals surface area contributed by atoms with E-state index in [-0.39, 0.29) is 5.97 Å². The van der Waals surface area contributed by atoms with Crippen LogP contribution >= 0.6 is 0 Å². The van der Waals surface area contributed by atoms with Crippen molar-refractivity contribution in [1.29, 1.82) is 0 Å². The number of aromatic nitrogens is 2. The number of hydrogen-bond acceptors (Lipinski definition) is 3. The summed E-state index contributed by atoms with van der Waals surface area (Å²) in [5.74, 6) is 0.342. The number of rotatable bonds is 4. The summed E-state index contributed by atoms with van der Waals surface area (Å²) in [6, 6.07) is 8.05. The van der Waals surface area contributed by atoms with Crippen molar-refractivity contribution in [3.63, 3.8) is 0 Å². The van der Waals surface area contributed by atoms with Gasteiger partial charge in [0.05, 0.1) is 6.61 Å². The number of aromatic amines is 1. The molecule has 0 saturated carbocycles. The normalized spacial score (nSPS) is 10.5. The molecule has 100 valence electrons. The molecule has 0 radical (unpaired) electrons. The van der Waals surface area contributed by atoms with E-state index >= 15 is 0 Å². The summed E-state index contributed by atoms with van der Waals surface area (Å²) in [7, 11) is 0. The Kier molecular flexibility index (Phi) is 4.00. The first-order chi connectivity index (χ1) is 9.17. The Morgan fingerprint density at radius 3 is 2.74 bits per heavy atom. The number of carbonyl (C=O) groups is 1. The number of H-pyrrole nitrogens is 1. The van der Waals surface area contributed by atoms with E-state index in [9.17, 15) is 4.79 Å². The van der Waals surface area contributed by atoms with Gasteiger partial charge in [-0.25, -0.2) is 9.78 Å². The molecule has 4 nitrogen and oxygen atoms in total. The molecule has 0 aliphatic heterocycles. The molecule has 2 aromatic rings. The lowest BCUT2D eigenvalue weighted by molar-refractivity contribution is 0.0519. The van der Waals surface area contributed by atoms with Gasteiger partial charge >= 0.3 is 5.97 Å². The van der Waals surface area contributed by atoms with Crippen LogP contribution in [0.5, 0.6) is 0 Å². The molecule has 1 heterocycles. The van der Waals surface area contributed by atoms with Gasteiger partial charge in [-0.1, -0.05) is 31.2 Å². The Hall–Kier alpha value is -2.10. The summed E-state index contributed by atoms with van der Waals surface area (Å²) in [6.07, 6.45) is 0.921. The summed E-state index contributed by atoms with van der Waals surface area (Å²) in [5, 5.41) is 0. The highest BCUT2D eigenvalue weighted by atomic mass is 16.5. The van der Waals surface area contributed by atoms with Crippen molar-refractivity contribution in [2.75, 3.05) is 6.61 Å². The molecule has 0 atom stereocenters. The molecule has 0 fully saturated rings. The fraction of sp³-hybridized carbons (Fsp3) is 0.333. The molecule has 1 N–H and O–H groups in total. The van der Waals surface area contributed by atoms with Crippen LogP contribution in [-0.4, -0.2) is 22.5 Å². The van der Waals surface area contributed by atoms with Crippen LogP contribution < -0.4 is 0 Å². The summed E-state index contributed by atoms with van der Waals surface area (Å²) < 4.78 is 4.99. The van der Waals surface area contributed by atoms with Gasteiger partial charge in [0.15, 0.2) is 5.69 Å². The zero-order valence-electron chi connectivity index (χ0n) is 11.5. The molecule has 0 saturated heterocycles. The standard InChI is InChI=1S/C15H18N2O2/c1-4-11-8-6-7-9-12(11)14-16-10(3)13(17-14)15(18)19-5-2/h6-9H,4-5H2,1-3H3,(H,16,17). The van der Waals surface area contributed by atoms with Crippen molar-refractivity contribution < 1.29 is 9.53 Å². The van der Waals surface area contributed by atoms with Crippen molar-refractivity contribution in [3.8, 4) is 11.4 Å². The Morgan fingerprint density at radius 1 is 1.32 bits per heavy atom. The predicted molar refractivity (Wildman–Crippen MR) is 74.1 cm³/mol. The number of hydrogen-bond donors (Lipinski definition) is 1. The number of imidazole rings is 1. The Balaban J connectivity index is 2.42. The molecular weight excluding hydrogens is 240 g/mol. The molecule has 2 rings (SSSR count). The maximum atomic E-state index is 11.8. The van der Waals surface area contributed by atoms with E-state index in [1.807, 2.05) is 25.1 Å². The van der Waals surface area contributed by atoms with Crippen molar-refractivity contribution >= 4 is 5.97 Å². The number of nitrogens with zero attached hydrogens (tertiary/aromatic N) is 1. The van der Waals surface area contributed by atoms with Crippen LogP contribution in [0.1, 0.15) is 35.6 Å². The molecule has 0 spiro atoms. The second kappa shape index (κ2) is 5.69. The van der Waals surface area contributed by atoms with Gasteiger partial charge < -0.3 is 9.72 Å². The fourth-order valence-corrected chi connectivity index (χ4v) is 2.05. The van der Waals surface area contributed by atoms with Gasteiger partial charge in [0.25, 0.3) is 0 Å². The highest BCUT2D eigenvalue weighted by Crippen LogP contribution is 2.23. The summed E-state index contributed by atoms with van der Waals surface area (Å²) in [5.41, 5.74) is 3.33. The number of ether oxygens (including phenoxy) is 1. The van der Waals surface area contributed by atoms with E-state index < -0.39 is 0 Å². The monoisotopic (exact) mass is 258 g/mol. The average molecular weight is 258 g/mol. The number of carbonyl (C=O) groups excluding carboxylic acids is 1. The maximum Gasteiger partial charge on any atom is 0.358 e. The molecule has 1 aromatic carbocycles. The second-order valence-electron chi connectivity index (χ2n) is 4.29. The van der Waals surface area contributed by atoms with Crippen LogP contribution in [0.2, 0.25) is 0 Å². The lowest BCUT2D eigenvalue weighted by atomic mass is 10.1. The van der Waals surface area contributed by atoms with Gasteiger partial charge in [-0.05, 0) is 25.8 Å². The fourth-order valence-electron chi connectivity index (χ4n) is 2.05. The first kappa shape index (κ1) is 13.3. The van der Waals surface area contributed by atoms with Crippen LogP contribution in [0.25, 0.3) is 11.4 Å². The van der Waals surface area contributed by atoms with Crippen LogP contribution in [0.15, 0.2) is 24.3 Å². The van der Waals surface area contributed by atoms with Crippen LogP contribution in [-0.2, 0) is 11.2 Å². The topological polar surface area (TPSA) is 55.0 Å². The Bertz CT molecular complexity index is 588. The largest absolute Gasteiger partial charge is 0.461 e. The van der Waals surface area contributed by atoms with Gasteiger partial charge in [0, 0.05) is 11.3 Å². The molecule has 4 heteroatoms. The molecule has 1 aromatic heterocycles. The van der Waals surface area contributed by atoms with Gasteiger partial charge in [0.1, 0.15) is 5.82 Å². The number of benzene rings is 1. The minimum Gasteiger partial charge on any atom is -0.461 e. The zero-order valence-corrected chi connectivity index (χ0v) is 11.5. The number of esters is 1. The van der Waals surface area contributed by atoms with Crippen LogP contribution in [0, 0.1) is 6.92 Å². The van der Waals surface area contributed by atoms with Gasteiger partial charge in [-0.15, -0.1) is 0 Å². The van der Waals surface area contributed by atoms with Gasteiger partial charge in [-0.2, -0.15) is 0 Å². The van der Waals surface area contributed by atoms with Crippen molar-refractivity contribution in [1.82, 2.24) is 9.97 Å². The van der Waals surface area contributed by atoms with Gasteiger partial charge in [-0.3, -0.25) is 0 Å². The molecule has 0 unspecified atom stereocenters. The van der Waals surface area contributed by atoms with E-state index in [4.69, 9.17) is 4.74 Å². The number of nitrogens with one attached hydrogen (secondary N) is 1. The molecule has 0 aliphatic carbocycles. The minimum absolute atomic E-state index is 0.353. The smallest absolute Gasteiger partial charge is 0.358 e. The third kappa shape index (κ3) is 2.67. The van der Waals surface area contributed by atoms with Gasteiger partial charge in [0.2, 0.25) is 0 Å². The van der Waals surface area contributed by atoms with Crippen LogP contribution in [0.4, 0.5) is 0 Å². The molecule has 0 aliphatic rings. The lowest BCUT2D eigenvalue weighted by Gasteiger charge is -2.03. The van der Waals surface area contributed by atoms with E-state index in [1.54, 1.807) is 6.92 Å². The number of aryl methyl sites for hydroxylation is 2. The Morgan fingerprint density at radius 2 is 2.05 bits per heavy atom. The quantitative estimate of drug-likeness (QED) is 0.857. The predicted octanol–water partition coefficient (Wildman–Crippen LogP) is 3.12. The molecule has 19 heavy (non-hydrogen) atoms. The minimum atomic E-state index is -0.378. The Labute approximate surface area is 112 Å². The zero-order chi connectivity index (χ0) is 13.8. The van der Waals surface area contributed by atoms with E-state index in [2.05, 4.69) is 23.0 Å². The average Bonchev–Trinajstić information content (AvgIpc) is 2.81. The third-order valence-electron chi connectivity index (χ3n) is 3.01. The van der Waals surface area contributed by atoms with E-state index in [0.717, 1.165) is 23.5 Å². The summed E-state index contributed by atoms with van der Waals surface area (Å²) in [6.45, 7) is 6.07. The SMILES string of the molecule is CCOC(=O)c1nc(-c2ccccc2CC)[nH]c1C. The van der Waals surface area contributed by atoms with Crippen molar-refractivity contribution in [2.24, 2.45) is 0 Å². The summed E-state index contributed by atoms with van der Waals surface area (Å²) >= 11 is 0. The van der Waals surface area contributed by atoms with Crippen molar-refractivity contribution in [2.45, 2.75) is 27.2 Å². The highest BCUT2D eigenvalue weighted by molar-refractivity contribution is 5.89. The third-order valence-corrected chi connectivity index (χ3v) is 3.01. The van der Waals surface area contributed by atoms with E-state index in [0.29, 0.717) is 12.3 Å².